The summed E-state index contributed by atoms with van der Waals surface area (Å²) in [6.07, 6.45) is -4.64. The van der Waals surface area contributed by atoms with Crippen LogP contribution in [0.15, 0.2) is 58.5 Å². The van der Waals surface area contributed by atoms with Crippen molar-refractivity contribution in [3.8, 4) is 0 Å². The largest absolute Gasteiger partial charge is 0.468 e. The second-order valence-corrected chi connectivity index (χ2v) is 7.98. The first kappa shape index (κ1) is 23.3. The number of carbonyl (C=O) groups is 2. The number of methoxy groups -OCH3 is 1. The van der Waals surface area contributed by atoms with Gasteiger partial charge in [0.05, 0.1) is 34.5 Å². The number of carbonyl (C=O) groups excluding carboxylic acids is 2. The van der Waals surface area contributed by atoms with Crippen LogP contribution in [0, 0.1) is 0 Å². The number of halogens is 3. The number of amides is 1. The van der Waals surface area contributed by atoms with Crippen LogP contribution in [0.4, 0.5) is 18.9 Å². The fourth-order valence-corrected chi connectivity index (χ4v) is 3.76. The van der Waals surface area contributed by atoms with Crippen molar-refractivity contribution >= 4 is 40.2 Å². The summed E-state index contributed by atoms with van der Waals surface area (Å²) in [6.45, 7) is 1.03. The van der Waals surface area contributed by atoms with E-state index in [1.54, 1.807) is 24.3 Å². The molecule has 11 heteroatoms. The van der Waals surface area contributed by atoms with Gasteiger partial charge in [0.1, 0.15) is 6.54 Å². The summed E-state index contributed by atoms with van der Waals surface area (Å²) in [7, 11) is 1.17. The molecule has 1 amide bonds. The number of hydrogen-bond donors (Lipinski definition) is 1. The zero-order valence-electron chi connectivity index (χ0n) is 17.0. The fourth-order valence-electron chi connectivity index (χ4n) is 2.86. The number of ether oxygens (including phenoxy) is 1. The maximum absolute atomic E-state index is 13.2. The lowest BCUT2D eigenvalue weighted by Crippen LogP contribution is -2.29. The summed E-state index contributed by atoms with van der Waals surface area (Å²) in [6, 6.07) is 11.1. The number of nitrogens with zero attached hydrogens (tertiary/aromatic N) is 2. The summed E-state index contributed by atoms with van der Waals surface area (Å²) in [5.74, 6) is -1.42. The van der Waals surface area contributed by atoms with Gasteiger partial charge in [-0.25, -0.2) is 4.98 Å². The van der Waals surface area contributed by atoms with Gasteiger partial charge < -0.3 is 10.1 Å². The third kappa shape index (κ3) is 5.10. The first-order valence-electron chi connectivity index (χ1n) is 9.32. The van der Waals surface area contributed by atoms with E-state index in [9.17, 15) is 27.6 Å². The smallest absolute Gasteiger partial charge is 0.418 e. The molecule has 0 aliphatic rings. The van der Waals surface area contributed by atoms with Crippen LogP contribution in [-0.4, -0.2) is 33.8 Å². The molecule has 0 aliphatic heterocycles. The molecule has 2 aromatic carbocycles. The Morgan fingerprint density at radius 3 is 2.50 bits per heavy atom. The van der Waals surface area contributed by atoms with Crippen LogP contribution in [0.25, 0.3) is 10.9 Å². The van der Waals surface area contributed by atoms with Crippen molar-refractivity contribution in [2.75, 3.05) is 12.4 Å². The maximum atomic E-state index is 13.2. The van der Waals surface area contributed by atoms with E-state index >= 15 is 0 Å². The van der Waals surface area contributed by atoms with Crippen molar-refractivity contribution in [3.63, 3.8) is 0 Å². The number of esters is 1. The maximum Gasteiger partial charge on any atom is 0.418 e. The number of rotatable bonds is 6. The summed E-state index contributed by atoms with van der Waals surface area (Å²) < 4.78 is 45.3. The van der Waals surface area contributed by atoms with E-state index in [2.05, 4.69) is 15.0 Å². The molecule has 0 spiro atoms. The topological polar surface area (TPSA) is 90.3 Å². The predicted molar refractivity (Wildman–Crippen MR) is 113 cm³/mol. The number of anilines is 1. The van der Waals surface area contributed by atoms with Gasteiger partial charge in [0.15, 0.2) is 5.16 Å². The third-order valence-corrected chi connectivity index (χ3v) is 5.57. The van der Waals surface area contributed by atoms with Gasteiger partial charge in [0.25, 0.3) is 5.56 Å². The predicted octanol–water partition coefficient (Wildman–Crippen LogP) is 3.71. The Balaban J connectivity index is 1.92. The molecule has 7 nitrogen and oxygen atoms in total. The quantitative estimate of drug-likeness (QED) is 0.339. The average Bonchev–Trinajstić information content (AvgIpc) is 2.75. The summed E-state index contributed by atoms with van der Waals surface area (Å²) in [5.41, 5.74) is -1.50. The molecule has 0 fully saturated rings. The Morgan fingerprint density at radius 2 is 1.81 bits per heavy atom. The molecule has 1 N–H and O–H groups in total. The van der Waals surface area contributed by atoms with Gasteiger partial charge in [-0.05, 0) is 31.2 Å². The van der Waals surface area contributed by atoms with Crippen LogP contribution in [0.1, 0.15) is 12.5 Å². The lowest BCUT2D eigenvalue weighted by Gasteiger charge is -2.17. The molecular weight excluding hydrogens is 447 g/mol. The molecule has 32 heavy (non-hydrogen) atoms. The summed E-state index contributed by atoms with van der Waals surface area (Å²) >= 11 is 0.843. The molecule has 0 unspecified atom stereocenters. The highest BCUT2D eigenvalue weighted by atomic mass is 32.2. The van der Waals surface area contributed by atoms with E-state index in [1.807, 2.05) is 0 Å². The number of benzene rings is 2. The molecule has 0 radical (unpaired) electrons. The lowest BCUT2D eigenvalue weighted by atomic mass is 10.1. The molecule has 0 aliphatic carbocycles. The molecule has 0 saturated carbocycles. The van der Waals surface area contributed by atoms with Gasteiger partial charge in [0.2, 0.25) is 5.91 Å². The Labute approximate surface area is 184 Å². The molecule has 168 valence electrons. The second-order valence-electron chi connectivity index (χ2n) is 6.67. The number of nitrogens with one attached hydrogen (secondary N) is 1. The van der Waals surface area contributed by atoms with Crippen molar-refractivity contribution < 1.29 is 27.5 Å². The number of thioether (sulfide) groups is 1. The van der Waals surface area contributed by atoms with Gasteiger partial charge >= 0.3 is 12.1 Å². The first-order chi connectivity index (χ1) is 15.1. The normalized spacial score (nSPS) is 12.4. The SMILES string of the molecule is COC(=O)Cn1c(S[C@@H](C)C(=O)Nc2ccccc2C(F)(F)F)nc2ccccc2c1=O. The summed E-state index contributed by atoms with van der Waals surface area (Å²) in [5, 5.41) is 1.67. The van der Waals surface area contributed by atoms with E-state index < -0.39 is 41.0 Å². The van der Waals surface area contributed by atoms with Crippen molar-refractivity contribution in [1.29, 1.82) is 0 Å². The second kappa shape index (κ2) is 9.43. The van der Waals surface area contributed by atoms with Crippen LogP contribution in [0.2, 0.25) is 0 Å². The Bertz CT molecular complexity index is 1230. The molecule has 3 aromatic rings. The standard InChI is InChI=1S/C21H18F3N3O4S/c1-12(18(29)25-16-10-6-4-8-14(16)21(22,23)24)32-20-26-15-9-5-3-7-13(15)19(30)27(20)11-17(28)31-2/h3-10,12H,11H2,1-2H3,(H,25,29)/t12-/m0/s1. The van der Waals surface area contributed by atoms with Crippen LogP contribution < -0.4 is 10.9 Å². The van der Waals surface area contributed by atoms with Crippen LogP contribution in [0.5, 0.6) is 0 Å². The number of hydrogen-bond acceptors (Lipinski definition) is 6. The number of aromatic nitrogens is 2. The minimum atomic E-state index is -4.64. The van der Waals surface area contributed by atoms with Crippen LogP contribution in [0.3, 0.4) is 0 Å². The van der Waals surface area contributed by atoms with Crippen LogP contribution in [-0.2, 0) is 27.0 Å². The monoisotopic (exact) mass is 465 g/mol. The zero-order chi connectivity index (χ0) is 23.5. The van der Waals surface area contributed by atoms with Crippen molar-refractivity contribution in [1.82, 2.24) is 9.55 Å². The van der Waals surface area contributed by atoms with Gasteiger partial charge in [-0.1, -0.05) is 36.0 Å². The Morgan fingerprint density at radius 1 is 1.16 bits per heavy atom. The molecule has 1 aromatic heterocycles. The molecule has 3 rings (SSSR count). The van der Waals surface area contributed by atoms with Crippen molar-refractivity contribution in [2.24, 2.45) is 0 Å². The fraction of sp³-hybridized carbons (Fsp3) is 0.238. The molecule has 0 bridgehead atoms. The number of alkyl halides is 3. The number of para-hydroxylation sites is 2. The average molecular weight is 465 g/mol. The van der Waals surface area contributed by atoms with Crippen LogP contribution >= 0.6 is 11.8 Å². The molecular formula is C21H18F3N3O4S. The molecule has 0 saturated heterocycles. The Hall–Kier alpha value is -3.34. The van der Waals surface area contributed by atoms with Gasteiger partial charge in [-0.2, -0.15) is 13.2 Å². The summed E-state index contributed by atoms with van der Waals surface area (Å²) in [4.78, 5) is 41.7. The highest BCUT2D eigenvalue weighted by Crippen LogP contribution is 2.35. The third-order valence-electron chi connectivity index (χ3n) is 4.48. The lowest BCUT2D eigenvalue weighted by molar-refractivity contribution is -0.141. The van der Waals surface area contributed by atoms with E-state index in [1.165, 1.54) is 26.2 Å². The van der Waals surface area contributed by atoms with Gasteiger partial charge in [-0.3, -0.25) is 19.0 Å². The number of fused-ring (bicyclic) bond motifs is 1. The molecule has 1 atom stereocenters. The highest BCUT2D eigenvalue weighted by molar-refractivity contribution is 8.00. The van der Waals surface area contributed by atoms with E-state index in [0.29, 0.717) is 5.52 Å². The highest BCUT2D eigenvalue weighted by Gasteiger charge is 2.34. The van der Waals surface area contributed by atoms with E-state index in [0.717, 1.165) is 28.5 Å². The Kier molecular flexibility index (Phi) is 6.87. The van der Waals surface area contributed by atoms with E-state index in [-0.39, 0.29) is 16.2 Å². The zero-order valence-corrected chi connectivity index (χ0v) is 17.8. The van der Waals surface area contributed by atoms with Gasteiger partial charge in [-0.15, -0.1) is 0 Å². The van der Waals surface area contributed by atoms with Crippen molar-refractivity contribution in [3.05, 3.63) is 64.4 Å². The molecule has 1 heterocycles. The van der Waals surface area contributed by atoms with E-state index in [4.69, 9.17) is 0 Å². The minimum absolute atomic E-state index is 0.0610. The minimum Gasteiger partial charge on any atom is -0.468 e. The first-order valence-corrected chi connectivity index (χ1v) is 10.2. The van der Waals surface area contributed by atoms with Gasteiger partial charge in [0, 0.05) is 0 Å². The van der Waals surface area contributed by atoms with Crippen molar-refractivity contribution in [2.45, 2.75) is 30.1 Å².